The number of likely N-dealkylation sites (tertiary alicyclic amines) is 1. The van der Waals surface area contributed by atoms with E-state index in [9.17, 15) is 23.2 Å². The van der Waals surface area contributed by atoms with E-state index < -0.39 is 18.8 Å². The molecule has 3 atom stereocenters. The predicted molar refractivity (Wildman–Crippen MR) is 100 cm³/mol. The van der Waals surface area contributed by atoms with Gasteiger partial charge in [0.05, 0.1) is 11.3 Å². The number of H-pyrrole nitrogens is 1. The molecular formula is C19H21F3N6O. The second-order valence-corrected chi connectivity index (χ2v) is 7.81. The van der Waals surface area contributed by atoms with Crippen LogP contribution in [-0.2, 0) is 0 Å². The number of fused-ring (bicyclic) bond motifs is 2. The van der Waals surface area contributed by atoms with Crippen molar-refractivity contribution in [2.24, 2.45) is 11.8 Å². The van der Waals surface area contributed by atoms with Gasteiger partial charge in [-0.05, 0) is 30.7 Å². The Morgan fingerprint density at radius 3 is 2.72 bits per heavy atom. The molecule has 1 aliphatic carbocycles. The molecule has 0 radical (unpaired) electrons. The van der Waals surface area contributed by atoms with Crippen LogP contribution >= 0.6 is 0 Å². The highest BCUT2D eigenvalue weighted by Gasteiger charge is 2.44. The highest BCUT2D eigenvalue weighted by atomic mass is 19.4. The number of aromatic amines is 1. The molecule has 154 valence electrons. The first-order chi connectivity index (χ1) is 13.8. The lowest BCUT2D eigenvalue weighted by molar-refractivity contribution is -0.123. The lowest BCUT2D eigenvalue weighted by atomic mass is 10.0. The molecule has 3 heterocycles. The van der Waals surface area contributed by atoms with Crippen LogP contribution in [-0.4, -0.2) is 59.8 Å². The quantitative estimate of drug-likeness (QED) is 0.821. The van der Waals surface area contributed by atoms with E-state index >= 15 is 0 Å². The maximum absolute atomic E-state index is 12.3. The van der Waals surface area contributed by atoms with E-state index in [4.69, 9.17) is 0 Å². The van der Waals surface area contributed by atoms with Gasteiger partial charge < -0.3 is 20.1 Å². The second-order valence-electron chi connectivity index (χ2n) is 7.81. The fourth-order valence-electron chi connectivity index (χ4n) is 4.68. The molecule has 0 spiro atoms. The van der Waals surface area contributed by atoms with Gasteiger partial charge in [0.1, 0.15) is 18.3 Å². The van der Waals surface area contributed by atoms with Crippen LogP contribution in [0, 0.1) is 23.2 Å². The Morgan fingerprint density at radius 2 is 2.10 bits per heavy atom. The number of urea groups is 1. The maximum Gasteiger partial charge on any atom is 0.405 e. The number of pyridine rings is 1. The van der Waals surface area contributed by atoms with Gasteiger partial charge in [0.2, 0.25) is 0 Å². The van der Waals surface area contributed by atoms with Crippen LogP contribution < -0.4 is 10.2 Å². The number of anilines is 1. The molecule has 1 unspecified atom stereocenters. The van der Waals surface area contributed by atoms with Crippen LogP contribution in [0.15, 0.2) is 18.5 Å². The molecule has 10 heteroatoms. The Labute approximate surface area is 165 Å². The Morgan fingerprint density at radius 1 is 1.41 bits per heavy atom. The molecule has 2 fully saturated rings. The molecule has 0 aromatic carbocycles. The average Bonchev–Trinajstić information content (AvgIpc) is 3.37. The number of nitrogens with zero attached hydrogens (tertiary/aromatic N) is 4. The van der Waals surface area contributed by atoms with Crippen LogP contribution in [0.2, 0.25) is 0 Å². The number of hydrogen-bond acceptors (Lipinski definition) is 4. The van der Waals surface area contributed by atoms with E-state index in [2.05, 4.69) is 20.9 Å². The molecule has 2 aromatic rings. The van der Waals surface area contributed by atoms with Crippen LogP contribution in [0.5, 0.6) is 0 Å². The third-order valence-corrected chi connectivity index (χ3v) is 6.03. The van der Waals surface area contributed by atoms with E-state index in [0.717, 1.165) is 29.6 Å². The van der Waals surface area contributed by atoms with E-state index in [1.54, 1.807) is 12.4 Å². The lowest BCUT2D eigenvalue weighted by Crippen LogP contribution is -2.43. The summed E-state index contributed by atoms with van der Waals surface area (Å²) in [5, 5.41) is 12.4. The Bertz CT molecular complexity index is 951. The molecule has 29 heavy (non-hydrogen) atoms. The van der Waals surface area contributed by atoms with Crippen molar-refractivity contribution < 1.29 is 18.0 Å². The first kappa shape index (κ1) is 19.4. The first-order valence-electron chi connectivity index (χ1n) is 9.45. The van der Waals surface area contributed by atoms with Gasteiger partial charge in [-0.25, -0.2) is 9.78 Å². The number of amides is 2. The number of nitrogens with one attached hydrogen (secondary N) is 2. The molecular weight excluding hydrogens is 385 g/mol. The zero-order chi connectivity index (χ0) is 20.8. The van der Waals surface area contributed by atoms with Crippen LogP contribution in [0.25, 0.3) is 11.0 Å². The summed E-state index contributed by atoms with van der Waals surface area (Å²) >= 11 is 0. The van der Waals surface area contributed by atoms with Gasteiger partial charge in [-0.15, -0.1) is 0 Å². The number of carbonyl (C=O) groups excluding carboxylic acids is 1. The summed E-state index contributed by atoms with van der Waals surface area (Å²) in [6.07, 6.45) is 0.586. The van der Waals surface area contributed by atoms with Crippen molar-refractivity contribution in [3.8, 4) is 6.07 Å². The van der Waals surface area contributed by atoms with E-state index in [1.807, 2.05) is 18.4 Å². The fourth-order valence-corrected chi connectivity index (χ4v) is 4.68. The summed E-state index contributed by atoms with van der Waals surface area (Å²) in [6, 6.07) is 3.65. The van der Waals surface area contributed by atoms with Gasteiger partial charge in [0.25, 0.3) is 0 Å². The number of hydrogen-bond donors (Lipinski definition) is 2. The van der Waals surface area contributed by atoms with Crippen molar-refractivity contribution in [1.82, 2.24) is 20.2 Å². The molecule has 2 aromatic heterocycles. The lowest BCUT2D eigenvalue weighted by Gasteiger charge is -2.29. The summed E-state index contributed by atoms with van der Waals surface area (Å²) in [7, 11) is 1.96. The van der Waals surface area contributed by atoms with E-state index in [-0.39, 0.29) is 17.9 Å². The molecule has 7 nitrogen and oxygen atoms in total. The largest absolute Gasteiger partial charge is 0.405 e. The highest BCUT2D eigenvalue weighted by Crippen LogP contribution is 2.42. The molecule has 1 aliphatic heterocycles. The van der Waals surface area contributed by atoms with Crippen molar-refractivity contribution in [3.63, 3.8) is 0 Å². The van der Waals surface area contributed by atoms with Crippen molar-refractivity contribution in [2.75, 3.05) is 31.6 Å². The summed E-state index contributed by atoms with van der Waals surface area (Å²) in [5.41, 5.74) is 2.06. The molecule has 1 saturated heterocycles. The standard InChI is InChI=1S/C19H21F3N6O/c1-27(16-13(6-23)7-25-17-15(16)2-3-24-17)14-4-11-8-28(9-12(11)5-14)18(29)26-10-19(20,21)22/h2-3,7,11-12,14H,4-5,8-10H2,1H3,(H,24,25)(H,26,29)/t11-,12+,14?. The summed E-state index contributed by atoms with van der Waals surface area (Å²) in [6.45, 7) is -0.395. The van der Waals surface area contributed by atoms with Crippen LogP contribution in [0.1, 0.15) is 18.4 Å². The maximum atomic E-state index is 12.3. The molecule has 2 N–H and O–H groups in total. The fraction of sp³-hybridized carbons (Fsp3) is 0.526. The van der Waals surface area contributed by atoms with E-state index in [0.29, 0.717) is 18.7 Å². The number of carbonyl (C=O) groups is 1. The minimum Gasteiger partial charge on any atom is -0.370 e. The van der Waals surface area contributed by atoms with Gasteiger partial charge in [-0.1, -0.05) is 0 Å². The SMILES string of the molecule is CN(c1c(C#N)cnc2[nH]ccc12)C1C[C@@H]2CN(C(=O)NCC(F)(F)F)C[C@@H]2C1. The minimum absolute atomic E-state index is 0.193. The van der Waals surface area contributed by atoms with Gasteiger partial charge in [0.15, 0.2) is 0 Å². The summed E-state index contributed by atoms with van der Waals surface area (Å²) < 4.78 is 36.9. The number of nitriles is 1. The highest BCUT2D eigenvalue weighted by molar-refractivity contribution is 5.93. The van der Waals surface area contributed by atoms with Crippen molar-refractivity contribution in [3.05, 3.63) is 24.0 Å². The van der Waals surface area contributed by atoms with Crippen molar-refractivity contribution in [1.29, 1.82) is 5.26 Å². The third kappa shape index (κ3) is 3.69. The minimum atomic E-state index is -4.41. The van der Waals surface area contributed by atoms with Gasteiger partial charge in [-0.2, -0.15) is 18.4 Å². The average molecular weight is 406 g/mol. The molecule has 0 bridgehead atoms. The zero-order valence-electron chi connectivity index (χ0n) is 15.8. The zero-order valence-corrected chi connectivity index (χ0v) is 15.8. The van der Waals surface area contributed by atoms with Gasteiger partial charge in [0, 0.05) is 44.0 Å². The second kappa shape index (κ2) is 7.13. The molecule has 1 saturated carbocycles. The van der Waals surface area contributed by atoms with Crippen LogP contribution in [0.3, 0.4) is 0 Å². The summed E-state index contributed by atoms with van der Waals surface area (Å²) in [4.78, 5) is 22.9. The number of alkyl halides is 3. The smallest absolute Gasteiger partial charge is 0.370 e. The van der Waals surface area contributed by atoms with Crippen molar-refractivity contribution >= 4 is 22.8 Å². The van der Waals surface area contributed by atoms with Gasteiger partial charge >= 0.3 is 12.2 Å². The number of halogens is 3. The Kier molecular flexibility index (Phi) is 4.76. The summed E-state index contributed by atoms with van der Waals surface area (Å²) in [5.74, 6) is 0.487. The van der Waals surface area contributed by atoms with Gasteiger partial charge in [-0.3, -0.25) is 0 Å². The number of rotatable bonds is 3. The number of aromatic nitrogens is 2. The Hall–Kier alpha value is -2.96. The predicted octanol–water partition coefficient (Wildman–Crippen LogP) is 2.85. The molecule has 2 amide bonds. The topological polar surface area (TPSA) is 88.1 Å². The molecule has 2 aliphatic rings. The first-order valence-corrected chi connectivity index (χ1v) is 9.45. The monoisotopic (exact) mass is 406 g/mol. The Balaban J connectivity index is 1.43. The van der Waals surface area contributed by atoms with Crippen LogP contribution in [0.4, 0.5) is 23.7 Å². The van der Waals surface area contributed by atoms with E-state index in [1.165, 1.54) is 4.90 Å². The third-order valence-electron chi connectivity index (χ3n) is 6.03. The molecule has 4 rings (SSSR count). The normalized spacial score (nSPS) is 23.8. The van der Waals surface area contributed by atoms with Crippen molar-refractivity contribution in [2.45, 2.75) is 25.1 Å².